The van der Waals surface area contributed by atoms with Crippen LogP contribution in [0, 0.1) is 0 Å². The Hall–Kier alpha value is -0.580. The van der Waals surface area contributed by atoms with E-state index in [1.807, 2.05) is 19.0 Å². The number of anilines is 1. The zero-order chi connectivity index (χ0) is 11.4. The standard InChI is InChI=1S/C10H15ClN2OS/c1-13(2)5-6-15(14)8-3-4-10(12)9(11)7-8/h3-4,7H,5-6,12H2,1-2H3. The van der Waals surface area contributed by atoms with Gasteiger partial charge in [0.25, 0.3) is 0 Å². The van der Waals surface area contributed by atoms with Crippen molar-refractivity contribution in [2.75, 3.05) is 32.1 Å². The molecule has 15 heavy (non-hydrogen) atoms. The van der Waals surface area contributed by atoms with Gasteiger partial charge >= 0.3 is 0 Å². The maximum atomic E-state index is 11.8. The molecule has 1 aromatic rings. The summed E-state index contributed by atoms with van der Waals surface area (Å²) in [6, 6.07) is 5.11. The summed E-state index contributed by atoms with van der Waals surface area (Å²) in [4.78, 5) is 2.73. The average Bonchev–Trinajstić information content (AvgIpc) is 2.18. The zero-order valence-electron chi connectivity index (χ0n) is 8.87. The predicted octanol–water partition coefficient (Wildman–Crippen LogP) is 1.59. The Labute approximate surface area is 97.7 Å². The van der Waals surface area contributed by atoms with Crippen LogP contribution in [0.25, 0.3) is 0 Å². The minimum Gasteiger partial charge on any atom is -0.398 e. The normalized spacial score (nSPS) is 13.1. The summed E-state index contributed by atoms with van der Waals surface area (Å²) in [5.41, 5.74) is 6.09. The van der Waals surface area contributed by atoms with E-state index in [0.717, 1.165) is 11.4 Å². The number of nitrogen functional groups attached to an aromatic ring is 1. The van der Waals surface area contributed by atoms with Crippen molar-refractivity contribution >= 4 is 28.1 Å². The van der Waals surface area contributed by atoms with E-state index in [1.54, 1.807) is 18.2 Å². The summed E-state index contributed by atoms with van der Waals surface area (Å²) in [5.74, 6) is 0.604. The first-order valence-electron chi connectivity index (χ1n) is 4.59. The summed E-state index contributed by atoms with van der Waals surface area (Å²) < 4.78 is 11.8. The van der Waals surface area contributed by atoms with E-state index in [2.05, 4.69) is 0 Å². The maximum Gasteiger partial charge on any atom is 0.0647 e. The van der Waals surface area contributed by atoms with Crippen molar-refractivity contribution in [3.05, 3.63) is 23.2 Å². The van der Waals surface area contributed by atoms with Gasteiger partial charge in [-0.1, -0.05) is 11.6 Å². The second-order valence-corrected chi connectivity index (χ2v) is 5.51. The molecule has 1 unspecified atom stereocenters. The molecule has 0 saturated heterocycles. The van der Waals surface area contributed by atoms with Crippen LogP contribution < -0.4 is 5.73 Å². The molecule has 1 atom stereocenters. The van der Waals surface area contributed by atoms with Crippen molar-refractivity contribution in [2.24, 2.45) is 0 Å². The highest BCUT2D eigenvalue weighted by Crippen LogP contribution is 2.21. The van der Waals surface area contributed by atoms with Crippen LogP contribution in [0.4, 0.5) is 5.69 Å². The molecule has 3 nitrogen and oxygen atoms in total. The van der Waals surface area contributed by atoms with E-state index >= 15 is 0 Å². The molecule has 0 aliphatic heterocycles. The molecule has 5 heteroatoms. The van der Waals surface area contributed by atoms with Gasteiger partial charge in [0, 0.05) is 17.2 Å². The Bertz CT molecular complexity index is 368. The summed E-state index contributed by atoms with van der Waals surface area (Å²) >= 11 is 5.85. The SMILES string of the molecule is CN(C)CCS(=O)c1ccc(N)c(Cl)c1. The molecule has 0 amide bonds. The Kier molecular flexibility index (Phi) is 4.57. The number of benzene rings is 1. The van der Waals surface area contributed by atoms with E-state index in [1.165, 1.54) is 0 Å². The van der Waals surface area contributed by atoms with Gasteiger partial charge in [0.05, 0.1) is 21.5 Å². The van der Waals surface area contributed by atoms with Gasteiger partial charge in [-0.2, -0.15) is 0 Å². The van der Waals surface area contributed by atoms with Crippen LogP contribution in [0.1, 0.15) is 0 Å². The molecule has 0 bridgehead atoms. The van der Waals surface area contributed by atoms with Crippen LogP contribution in [0.15, 0.2) is 23.1 Å². The smallest absolute Gasteiger partial charge is 0.0647 e. The van der Waals surface area contributed by atoms with Crippen molar-refractivity contribution in [2.45, 2.75) is 4.90 Å². The minimum atomic E-state index is -1.00. The van der Waals surface area contributed by atoms with Gasteiger partial charge in [-0.25, -0.2) is 0 Å². The Balaban J connectivity index is 2.70. The summed E-state index contributed by atoms with van der Waals surface area (Å²) in [6.45, 7) is 0.786. The van der Waals surface area contributed by atoms with Gasteiger partial charge in [0.1, 0.15) is 0 Å². The van der Waals surface area contributed by atoms with Gasteiger partial charge in [-0.15, -0.1) is 0 Å². The number of hydrogen-bond donors (Lipinski definition) is 1. The molecule has 0 aliphatic rings. The van der Waals surface area contributed by atoms with Crippen molar-refractivity contribution < 1.29 is 4.21 Å². The van der Waals surface area contributed by atoms with Gasteiger partial charge in [0.2, 0.25) is 0 Å². The van der Waals surface area contributed by atoms with Gasteiger partial charge in [-0.3, -0.25) is 4.21 Å². The molecule has 0 aliphatic carbocycles. The van der Waals surface area contributed by atoms with Crippen LogP contribution in [-0.2, 0) is 10.8 Å². The molecule has 0 aromatic heterocycles. The van der Waals surface area contributed by atoms with Crippen molar-refractivity contribution in [1.29, 1.82) is 0 Å². The highest BCUT2D eigenvalue weighted by Gasteiger charge is 2.06. The van der Waals surface area contributed by atoms with Gasteiger partial charge < -0.3 is 10.6 Å². The number of halogens is 1. The van der Waals surface area contributed by atoms with E-state index in [0.29, 0.717) is 16.5 Å². The quantitative estimate of drug-likeness (QED) is 0.821. The molecule has 0 saturated carbocycles. The van der Waals surface area contributed by atoms with Crippen LogP contribution in [0.2, 0.25) is 5.02 Å². The lowest BCUT2D eigenvalue weighted by Gasteiger charge is -2.09. The fourth-order valence-corrected chi connectivity index (χ4v) is 2.51. The molecule has 2 N–H and O–H groups in total. The lowest BCUT2D eigenvalue weighted by atomic mass is 10.3. The second kappa shape index (κ2) is 5.49. The molecule has 0 radical (unpaired) electrons. The third kappa shape index (κ3) is 3.81. The van der Waals surface area contributed by atoms with E-state index < -0.39 is 10.8 Å². The minimum absolute atomic E-state index is 0.464. The highest BCUT2D eigenvalue weighted by atomic mass is 35.5. The zero-order valence-corrected chi connectivity index (χ0v) is 10.4. The number of hydrogen-bond acceptors (Lipinski definition) is 3. The van der Waals surface area contributed by atoms with Crippen LogP contribution in [0.5, 0.6) is 0 Å². The van der Waals surface area contributed by atoms with Gasteiger partial charge in [-0.05, 0) is 32.3 Å². The van der Waals surface area contributed by atoms with E-state index in [-0.39, 0.29) is 0 Å². The van der Waals surface area contributed by atoms with Crippen molar-refractivity contribution in [3.8, 4) is 0 Å². The fraction of sp³-hybridized carbons (Fsp3) is 0.400. The first kappa shape index (κ1) is 12.5. The number of nitrogens with zero attached hydrogens (tertiary/aromatic N) is 1. The predicted molar refractivity (Wildman–Crippen MR) is 65.7 cm³/mol. The largest absolute Gasteiger partial charge is 0.398 e. The average molecular weight is 247 g/mol. The molecule has 0 heterocycles. The molecular formula is C10H15ClN2OS. The molecule has 1 aromatic carbocycles. The monoisotopic (exact) mass is 246 g/mol. The third-order valence-corrected chi connectivity index (χ3v) is 3.62. The van der Waals surface area contributed by atoms with Crippen LogP contribution in [-0.4, -0.2) is 35.5 Å². The third-order valence-electron chi connectivity index (χ3n) is 1.96. The lowest BCUT2D eigenvalue weighted by Crippen LogP contribution is -2.19. The van der Waals surface area contributed by atoms with E-state index in [9.17, 15) is 4.21 Å². The topological polar surface area (TPSA) is 46.3 Å². The molecule has 1 rings (SSSR count). The van der Waals surface area contributed by atoms with Crippen molar-refractivity contribution in [1.82, 2.24) is 4.90 Å². The maximum absolute atomic E-state index is 11.8. The first-order valence-corrected chi connectivity index (χ1v) is 6.28. The molecular weight excluding hydrogens is 232 g/mol. The van der Waals surface area contributed by atoms with Crippen LogP contribution in [0.3, 0.4) is 0 Å². The Morgan fingerprint density at radius 2 is 2.13 bits per heavy atom. The Morgan fingerprint density at radius 3 is 2.67 bits per heavy atom. The number of rotatable bonds is 4. The second-order valence-electron chi connectivity index (χ2n) is 3.54. The van der Waals surface area contributed by atoms with Crippen molar-refractivity contribution in [3.63, 3.8) is 0 Å². The molecule has 0 spiro atoms. The van der Waals surface area contributed by atoms with E-state index in [4.69, 9.17) is 17.3 Å². The fourth-order valence-electron chi connectivity index (χ4n) is 1.03. The summed E-state index contributed by atoms with van der Waals surface area (Å²) in [5, 5.41) is 0.464. The summed E-state index contributed by atoms with van der Waals surface area (Å²) in [7, 11) is 2.90. The summed E-state index contributed by atoms with van der Waals surface area (Å²) in [6.07, 6.45) is 0. The molecule has 84 valence electrons. The number of nitrogens with two attached hydrogens (primary N) is 1. The lowest BCUT2D eigenvalue weighted by molar-refractivity contribution is 0.435. The molecule has 0 fully saturated rings. The van der Waals surface area contributed by atoms with Gasteiger partial charge in [0.15, 0.2) is 0 Å². The first-order chi connectivity index (χ1) is 7.00. The van der Waals surface area contributed by atoms with Crippen LogP contribution >= 0.6 is 11.6 Å². The Morgan fingerprint density at radius 1 is 1.47 bits per heavy atom. The highest BCUT2D eigenvalue weighted by molar-refractivity contribution is 7.85.